The molecule has 1 heterocycles. The van der Waals surface area contributed by atoms with E-state index in [1.807, 2.05) is 20.2 Å². The van der Waals surface area contributed by atoms with Crippen LogP contribution in [0.4, 0.5) is 11.4 Å². The molecule has 0 unspecified atom stereocenters. The van der Waals surface area contributed by atoms with Crippen molar-refractivity contribution in [2.75, 3.05) is 5.32 Å². The molecule has 0 aliphatic heterocycles. The first kappa shape index (κ1) is 13.4. The van der Waals surface area contributed by atoms with E-state index in [2.05, 4.69) is 10.4 Å². The molecule has 2 N–H and O–H groups in total. The average molecular weight is 280 g/mol. The molecule has 0 amide bonds. The van der Waals surface area contributed by atoms with Crippen LogP contribution in [-0.4, -0.2) is 20.9 Å². The van der Waals surface area contributed by atoms with Crippen molar-refractivity contribution >= 4 is 28.9 Å². The van der Waals surface area contributed by atoms with E-state index in [4.69, 9.17) is 16.7 Å². The van der Waals surface area contributed by atoms with Crippen LogP contribution in [0.25, 0.3) is 0 Å². The van der Waals surface area contributed by atoms with Gasteiger partial charge in [0.2, 0.25) is 0 Å². The third kappa shape index (κ3) is 2.88. The lowest BCUT2D eigenvalue weighted by molar-refractivity contribution is 0.0697. The van der Waals surface area contributed by atoms with E-state index >= 15 is 0 Å². The number of aromatic nitrogens is 2. The quantitative estimate of drug-likeness (QED) is 0.902. The SMILES string of the molecule is CCc1nn(C)cc1Nc1ccc(C(=O)O)c(Cl)c1. The lowest BCUT2D eigenvalue weighted by atomic mass is 10.2. The van der Waals surface area contributed by atoms with Crippen LogP contribution in [0.15, 0.2) is 24.4 Å². The zero-order chi connectivity index (χ0) is 14.0. The number of benzene rings is 1. The minimum atomic E-state index is -1.04. The third-order valence-corrected chi connectivity index (χ3v) is 3.03. The topological polar surface area (TPSA) is 67.2 Å². The van der Waals surface area contributed by atoms with Crippen LogP contribution < -0.4 is 5.32 Å². The Labute approximate surface area is 115 Å². The number of carboxylic acids is 1. The fourth-order valence-corrected chi connectivity index (χ4v) is 2.08. The highest BCUT2D eigenvalue weighted by atomic mass is 35.5. The lowest BCUT2D eigenvalue weighted by Crippen LogP contribution is -1.99. The maximum absolute atomic E-state index is 10.9. The van der Waals surface area contributed by atoms with E-state index in [-0.39, 0.29) is 10.6 Å². The highest BCUT2D eigenvalue weighted by Crippen LogP contribution is 2.25. The Balaban J connectivity index is 2.28. The van der Waals surface area contributed by atoms with Crippen LogP contribution in [0.1, 0.15) is 23.0 Å². The number of nitrogens with one attached hydrogen (secondary N) is 1. The van der Waals surface area contributed by atoms with Crippen molar-refractivity contribution in [3.05, 3.63) is 40.7 Å². The molecule has 0 fully saturated rings. The van der Waals surface area contributed by atoms with E-state index in [1.165, 1.54) is 6.07 Å². The van der Waals surface area contributed by atoms with Crippen molar-refractivity contribution in [2.24, 2.45) is 7.05 Å². The van der Waals surface area contributed by atoms with Gasteiger partial charge < -0.3 is 10.4 Å². The molecule has 0 saturated heterocycles. The fourth-order valence-electron chi connectivity index (χ4n) is 1.82. The summed E-state index contributed by atoms with van der Waals surface area (Å²) in [6, 6.07) is 4.76. The summed E-state index contributed by atoms with van der Waals surface area (Å²) < 4.78 is 1.73. The molecule has 19 heavy (non-hydrogen) atoms. The van der Waals surface area contributed by atoms with Gasteiger partial charge in [0.25, 0.3) is 0 Å². The summed E-state index contributed by atoms with van der Waals surface area (Å²) in [7, 11) is 1.85. The minimum Gasteiger partial charge on any atom is -0.478 e. The highest BCUT2D eigenvalue weighted by molar-refractivity contribution is 6.33. The maximum Gasteiger partial charge on any atom is 0.337 e. The van der Waals surface area contributed by atoms with Gasteiger partial charge in [0.05, 0.1) is 22.0 Å². The number of anilines is 2. The second-order valence-corrected chi connectivity index (χ2v) is 4.55. The first-order valence-corrected chi connectivity index (χ1v) is 6.21. The first-order valence-electron chi connectivity index (χ1n) is 5.83. The molecular weight excluding hydrogens is 266 g/mol. The smallest absolute Gasteiger partial charge is 0.337 e. The molecule has 0 spiro atoms. The van der Waals surface area contributed by atoms with Gasteiger partial charge in [-0.25, -0.2) is 4.79 Å². The normalized spacial score (nSPS) is 10.5. The van der Waals surface area contributed by atoms with Gasteiger partial charge in [-0.1, -0.05) is 18.5 Å². The number of halogens is 1. The molecule has 2 aromatic rings. The largest absolute Gasteiger partial charge is 0.478 e. The molecule has 0 bridgehead atoms. The summed E-state index contributed by atoms with van der Waals surface area (Å²) in [6.07, 6.45) is 2.68. The van der Waals surface area contributed by atoms with Crippen molar-refractivity contribution in [3.63, 3.8) is 0 Å². The average Bonchev–Trinajstić information content (AvgIpc) is 2.69. The Kier molecular flexibility index (Phi) is 3.76. The van der Waals surface area contributed by atoms with Crippen molar-refractivity contribution < 1.29 is 9.90 Å². The highest BCUT2D eigenvalue weighted by Gasteiger charge is 2.10. The molecule has 0 aliphatic carbocycles. The molecule has 0 atom stereocenters. The molecule has 100 valence electrons. The second kappa shape index (κ2) is 5.32. The van der Waals surface area contributed by atoms with Gasteiger partial charge in [-0.15, -0.1) is 0 Å². The summed E-state index contributed by atoms with van der Waals surface area (Å²) in [5.41, 5.74) is 2.66. The number of aromatic carboxylic acids is 1. The van der Waals surface area contributed by atoms with Crippen molar-refractivity contribution in [1.82, 2.24) is 9.78 Å². The number of nitrogens with zero attached hydrogens (tertiary/aromatic N) is 2. The summed E-state index contributed by atoms with van der Waals surface area (Å²) >= 11 is 5.93. The molecular formula is C13H14ClN3O2. The number of rotatable bonds is 4. The fraction of sp³-hybridized carbons (Fsp3) is 0.231. The van der Waals surface area contributed by atoms with Crippen LogP contribution in [0, 0.1) is 0 Å². The van der Waals surface area contributed by atoms with Gasteiger partial charge in [-0.2, -0.15) is 5.10 Å². The molecule has 0 saturated carbocycles. The van der Waals surface area contributed by atoms with Gasteiger partial charge in [0, 0.05) is 18.9 Å². The van der Waals surface area contributed by atoms with Gasteiger partial charge >= 0.3 is 5.97 Å². The summed E-state index contributed by atoms with van der Waals surface area (Å²) in [5, 5.41) is 16.6. The van der Waals surface area contributed by atoms with Crippen molar-refractivity contribution in [2.45, 2.75) is 13.3 Å². The standard InChI is InChI=1S/C13H14ClN3O2/c1-3-11-12(7-17(2)16-11)15-8-4-5-9(13(18)19)10(14)6-8/h4-7,15H,3H2,1-2H3,(H,18,19). The first-order chi connectivity index (χ1) is 9.01. The van der Waals surface area contributed by atoms with E-state index in [1.54, 1.807) is 16.8 Å². The van der Waals surface area contributed by atoms with Crippen LogP contribution in [0.5, 0.6) is 0 Å². The lowest BCUT2D eigenvalue weighted by Gasteiger charge is -2.07. The van der Waals surface area contributed by atoms with Crippen LogP contribution in [-0.2, 0) is 13.5 Å². The van der Waals surface area contributed by atoms with Crippen LogP contribution in [0.2, 0.25) is 5.02 Å². The Morgan fingerprint density at radius 3 is 2.84 bits per heavy atom. The predicted molar refractivity (Wildman–Crippen MR) is 74.3 cm³/mol. The molecule has 6 heteroatoms. The van der Waals surface area contributed by atoms with Gasteiger partial charge in [0.15, 0.2) is 0 Å². The Hall–Kier alpha value is -2.01. The molecule has 1 aromatic heterocycles. The molecule has 0 aliphatic rings. The number of carbonyl (C=O) groups is 1. The zero-order valence-electron chi connectivity index (χ0n) is 10.6. The van der Waals surface area contributed by atoms with E-state index in [0.717, 1.165) is 23.5 Å². The summed E-state index contributed by atoms with van der Waals surface area (Å²) in [6.45, 7) is 2.02. The summed E-state index contributed by atoms with van der Waals surface area (Å²) in [5.74, 6) is -1.04. The summed E-state index contributed by atoms with van der Waals surface area (Å²) in [4.78, 5) is 10.9. The van der Waals surface area contributed by atoms with Crippen molar-refractivity contribution in [1.29, 1.82) is 0 Å². The Morgan fingerprint density at radius 1 is 1.53 bits per heavy atom. The van der Waals surface area contributed by atoms with E-state index < -0.39 is 5.97 Å². The van der Waals surface area contributed by atoms with Crippen molar-refractivity contribution in [3.8, 4) is 0 Å². The maximum atomic E-state index is 10.9. The Bertz CT molecular complexity index is 622. The van der Waals surface area contributed by atoms with E-state index in [9.17, 15) is 4.79 Å². The predicted octanol–water partition coefficient (Wildman–Crippen LogP) is 3.08. The van der Waals surface area contributed by atoms with E-state index in [0.29, 0.717) is 0 Å². The Morgan fingerprint density at radius 2 is 2.26 bits per heavy atom. The molecule has 5 nitrogen and oxygen atoms in total. The number of hydrogen-bond donors (Lipinski definition) is 2. The molecule has 0 radical (unpaired) electrons. The van der Waals surface area contributed by atoms with Gasteiger partial charge in [0.1, 0.15) is 0 Å². The zero-order valence-corrected chi connectivity index (χ0v) is 11.4. The minimum absolute atomic E-state index is 0.0918. The van der Waals surface area contributed by atoms with Crippen LogP contribution >= 0.6 is 11.6 Å². The molecule has 2 rings (SSSR count). The van der Waals surface area contributed by atoms with Crippen LogP contribution in [0.3, 0.4) is 0 Å². The van der Waals surface area contributed by atoms with Gasteiger partial charge in [-0.3, -0.25) is 4.68 Å². The molecule has 1 aromatic carbocycles. The number of carboxylic acid groups (broad SMARTS) is 1. The monoisotopic (exact) mass is 279 g/mol. The number of hydrogen-bond acceptors (Lipinski definition) is 3. The van der Waals surface area contributed by atoms with Gasteiger partial charge in [-0.05, 0) is 24.6 Å². The number of aryl methyl sites for hydroxylation is 2. The third-order valence-electron chi connectivity index (χ3n) is 2.72. The second-order valence-electron chi connectivity index (χ2n) is 4.14.